The monoisotopic (exact) mass is 352 g/mol. The van der Waals surface area contributed by atoms with Crippen molar-refractivity contribution in [2.24, 2.45) is 0 Å². The number of amides is 1. The molecule has 0 unspecified atom stereocenters. The molecule has 3 aromatic rings. The highest BCUT2D eigenvalue weighted by molar-refractivity contribution is 7.18. The van der Waals surface area contributed by atoms with Crippen LogP contribution in [-0.2, 0) is 17.8 Å². The van der Waals surface area contributed by atoms with E-state index in [0.29, 0.717) is 27.3 Å². The van der Waals surface area contributed by atoms with Crippen LogP contribution in [0, 0.1) is 18.3 Å². The molecule has 1 N–H and O–H groups in total. The highest BCUT2D eigenvalue weighted by atomic mass is 32.1. The van der Waals surface area contributed by atoms with Crippen molar-refractivity contribution in [1.29, 1.82) is 5.26 Å². The second kappa shape index (κ2) is 6.87. The molecule has 0 aliphatic carbocycles. The molecule has 0 aliphatic heterocycles. The van der Waals surface area contributed by atoms with E-state index < -0.39 is 0 Å². The van der Waals surface area contributed by atoms with Gasteiger partial charge in [-0.15, -0.1) is 11.3 Å². The van der Waals surface area contributed by atoms with E-state index in [2.05, 4.69) is 10.3 Å². The second-order valence-electron chi connectivity index (χ2n) is 5.54. The Balaban J connectivity index is 1.91. The van der Waals surface area contributed by atoms with Crippen molar-refractivity contribution in [2.45, 2.75) is 26.8 Å². The van der Waals surface area contributed by atoms with Crippen molar-refractivity contribution in [1.82, 2.24) is 9.55 Å². The zero-order chi connectivity index (χ0) is 18.0. The zero-order valence-corrected chi connectivity index (χ0v) is 14.7. The van der Waals surface area contributed by atoms with Crippen LogP contribution in [-0.4, -0.2) is 15.5 Å². The van der Waals surface area contributed by atoms with Gasteiger partial charge in [0.1, 0.15) is 23.3 Å². The van der Waals surface area contributed by atoms with Crippen LogP contribution in [0.1, 0.15) is 23.2 Å². The molecule has 2 aromatic heterocycles. The first-order valence-corrected chi connectivity index (χ1v) is 8.64. The maximum atomic E-state index is 12.7. The minimum absolute atomic E-state index is 0.148. The van der Waals surface area contributed by atoms with Gasteiger partial charge in [0.2, 0.25) is 5.91 Å². The first-order valence-electron chi connectivity index (χ1n) is 7.82. The Kier molecular flexibility index (Phi) is 4.63. The van der Waals surface area contributed by atoms with E-state index in [4.69, 9.17) is 5.26 Å². The molecule has 7 heteroatoms. The molecule has 6 nitrogen and oxygen atoms in total. The highest BCUT2D eigenvalue weighted by Gasteiger charge is 2.14. The lowest BCUT2D eigenvalue weighted by atomic mass is 10.2. The average molecular weight is 352 g/mol. The van der Waals surface area contributed by atoms with Crippen molar-refractivity contribution in [3.05, 3.63) is 57.0 Å². The topological polar surface area (TPSA) is 87.8 Å². The van der Waals surface area contributed by atoms with Gasteiger partial charge in [-0.1, -0.05) is 19.1 Å². The minimum atomic E-state index is -0.375. The number of nitriles is 1. The van der Waals surface area contributed by atoms with E-state index in [1.807, 2.05) is 19.1 Å². The molecule has 25 heavy (non-hydrogen) atoms. The van der Waals surface area contributed by atoms with E-state index in [9.17, 15) is 9.59 Å². The van der Waals surface area contributed by atoms with Crippen LogP contribution in [0.15, 0.2) is 35.1 Å². The van der Waals surface area contributed by atoms with E-state index in [-0.39, 0.29) is 18.0 Å². The predicted molar refractivity (Wildman–Crippen MR) is 97.8 cm³/mol. The van der Waals surface area contributed by atoms with Crippen LogP contribution in [0.5, 0.6) is 0 Å². The minimum Gasteiger partial charge on any atom is -0.323 e. The van der Waals surface area contributed by atoms with E-state index in [0.717, 1.165) is 11.3 Å². The average Bonchev–Trinajstić information content (AvgIpc) is 3.02. The number of aryl methyl sites for hydroxylation is 2. The van der Waals surface area contributed by atoms with E-state index in [1.54, 1.807) is 31.2 Å². The molecule has 1 amide bonds. The molecule has 0 atom stereocenters. The third kappa shape index (κ3) is 3.30. The van der Waals surface area contributed by atoms with Gasteiger partial charge in [0.25, 0.3) is 5.56 Å². The molecule has 0 fully saturated rings. The Morgan fingerprint density at radius 2 is 2.16 bits per heavy atom. The number of carbonyl (C=O) groups is 1. The molecule has 2 heterocycles. The SMILES string of the molecule is CCc1cc2c(=O)n(CC(=O)Nc3ccccc3C#N)c(C)nc2s1. The molecule has 126 valence electrons. The largest absolute Gasteiger partial charge is 0.323 e. The van der Waals surface area contributed by atoms with Gasteiger partial charge in [0.05, 0.1) is 16.6 Å². The number of rotatable bonds is 4. The van der Waals surface area contributed by atoms with Crippen LogP contribution >= 0.6 is 11.3 Å². The maximum Gasteiger partial charge on any atom is 0.262 e. The molecule has 0 bridgehead atoms. The number of anilines is 1. The third-order valence-electron chi connectivity index (χ3n) is 3.86. The fourth-order valence-corrected chi connectivity index (χ4v) is 3.55. The number of carbonyl (C=O) groups excluding carboxylic acids is 1. The fourth-order valence-electron chi connectivity index (χ4n) is 2.55. The summed E-state index contributed by atoms with van der Waals surface area (Å²) in [7, 11) is 0. The van der Waals surface area contributed by atoms with Gasteiger partial charge in [0, 0.05) is 4.88 Å². The lowest BCUT2D eigenvalue weighted by Crippen LogP contribution is -2.30. The molecular weight excluding hydrogens is 336 g/mol. The lowest BCUT2D eigenvalue weighted by Gasteiger charge is -2.10. The normalized spacial score (nSPS) is 10.6. The molecule has 1 aromatic carbocycles. The van der Waals surface area contributed by atoms with Gasteiger partial charge in [0.15, 0.2) is 0 Å². The molecule has 0 saturated carbocycles. The van der Waals surface area contributed by atoms with Crippen molar-refractivity contribution < 1.29 is 4.79 Å². The fraction of sp³-hybridized carbons (Fsp3) is 0.222. The Hall–Kier alpha value is -2.98. The number of para-hydroxylation sites is 1. The third-order valence-corrected chi connectivity index (χ3v) is 5.04. The van der Waals surface area contributed by atoms with E-state index >= 15 is 0 Å². The van der Waals surface area contributed by atoms with Gasteiger partial charge in [-0.2, -0.15) is 5.26 Å². The first-order chi connectivity index (χ1) is 12.0. The molecule has 0 saturated heterocycles. The summed E-state index contributed by atoms with van der Waals surface area (Å²) in [6, 6.07) is 10.6. The summed E-state index contributed by atoms with van der Waals surface area (Å²) in [6.45, 7) is 3.59. The molecule has 3 rings (SSSR count). The first kappa shape index (κ1) is 16.9. The number of fused-ring (bicyclic) bond motifs is 1. The summed E-state index contributed by atoms with van der Waals surface area (Å²) in [5.41, 5.74) is 0.583. The summed E-state index contributed by atoms with van der Waals surface area (Å²) in [5, 5.41) is 12.3. The number of nitrogens with one attached hydrogen (secondary N) is 1. The van der Waals surface area contributed by atoms with Crippen molar-refractivity contribution in [2.75, 3.05) is 5.32 Å². The smallest absolute Gasteiger partial charge is 0.262 e. The summed E-state index contributed by atoms with van der Waals surface area (Å²) >= 11 is 1.50. The molecule has 0 radical (unpaired) electrons. The van der Waals surface area contributed by atoms with Crippen LogP contribution < -0.4 is 10.9 Å². The number of aromatic nitrogens is 2. The van der Waals surface area contributed by atoms with Crippen LogP contribution in [0.2, 0.25) is 0 Å². The number of nitrogens with zero attached hydrogens (tertiary/aromatic N) is 3. The van der Waals surface area contributed by atoms with Gasteiger partial charge in [-0.25, -0.2) is 4.98 Å². The Morgan fingerprint density at radius 3 is 2.88 bits per heavy atom. The summed E-state index contributed by atoms with van der Waals surface area (Å²) in [5.74, 6) is 0.116. The van der Waals surface area contributed by atoms with Crippen molar-refractivity contribution in [3.63, 3.8) is 0 Å². The quantitative estimate of drug-likeness (QED) is 0.782. The molecule has 0 spiro atoms. The lowest BCUT2D eigenvalue weighted by molar-refractivity contribution is -0.116. The van der Waals surface area contributed by atoms with Gasteiger partial charge in [-0.05, 0) is 31.5 Å². The number of thiophene rings is 1. The van der Waals surface area contributed by atoms with Gasteiger partial charge >= 0.3 is 0 Å². The van der Waals surface area contributed by atoms with Crippen LogP contribution in [0.3, 0.4) is 0 Å². The Labute approximate surface area is 148 Å². The summed E-state index contributed by atoms with van der Waals surface area (Å²) in [6.07, 6.45) is 0.838. The highest BCUT2D eigenvalue weighted by Crippen LogP contribution is 2.22. The van der Waals surface area contributed by atoms with Crippen LogP contribution in [0.25, 0.3) is 10.2 Å². The Morgan fingerprint density at radius 1 is 1.40 bits per heavy atom. The number of hydrogen-bond acceptors (Lipinski definition) is 5. The van der Waals surface area contributed by atoms with Gasteiger partial charge < -0.3 is 5.32 Å². The Bertz CT molecular complexity index is 1060. The standard InChI is InChI=1S/C18H16N4O2S/c1-3-13-8-14-17(25-13)20-11(2)22(18(14)24)10-16(23)21-15-7-5-4-6-12(15)9-19/h4-8H,3,10H2,1-2H3,(H,21,23). The van der Waals surface area contributed by atoms with Crippen molar-refractivity contribution >= 4 is 33.1 Å². The zero-order valence-electron chi connectivity index (χ0n) is 13.9. The summed E-state index contributed by atoms with van der Waals surface area (Å²) in [4.78, 5) is 31.3. The van der Waals surface area contributed by atoms with Crippen LogP contribution in [0.4, 0.5) is 5.69 Å². The number of hydrogen-bond donors (Lipinski definition) is 1. The number of benzene rings is 1. The van der Waals surface area contributed by atoms with Gasteiger partial charge in [-0.3, -0.25) is 14.2 Å². The predicted octanol–water partition coefficient (Wildman–Crippen LogP) is 2.84. The molecular formula is C18H16N4O2S. The molecule has 0 aliphatic rings. The van der Waals surface area contributed by atoms with Crippen molar-refractivity contribution in [3.8, 4) is 6.07 Å². The summed E-state index contributed by atoms with van der Waals surface area (Å²) < 4.78 is 1.36. The maximum absolute atomic E-state index is 12.7. The second-order valence-corrected chi connectivity index (χ2v) is 6.66. The van der Waals surface area contributed by atoms with E-state index in [1.165, 1.54) is 15.9 Å².